The molecular weight excluding hydrogens is 210 g/mol. The second kappa shape index (κ2) is 6.32. The molecule has 0 aromatic heterocycles. The van der Waals surface area contributed by atoms with Gasteiger partial charge in [0.1, 0.15) is 6.04 Å². The zero-order valence-electron chi connectivity index (χ0n) is 10.5. The van der Waals surface area contributed by atoms with Crippen LogP contribution in [0.1, 0.15) is 13.8 Å². The number of nitrogens with one attached hydrogen (secondary N) is 1. The molecular formula is C10H21N3O3. The van der Waals surface area contributed by atoms with Crippen molar-refractivity contribution in [2.45, 2.75) is 25.9 Å². The number of hydrogen-bond acceptors (Lipinski definition) is 3. The van der Waals surface area contributed by atoms with Crippen LogP contribution in [0.5, 0.6) is 0 Å². The Morgan fingerprint density at radius 1 is 1.25 bits per heavy atom. The fourth-order valence-corrected chi connectivity index (χ4v) is 1.25. The van der Waals surface area contributed by atoms with Crippen molar-refractivity contribution in [1.82, 2.24) is 15.1 Å². The molecule has 0 rings (SSSR count). The monoisotopic (exact) mass is 231 g/mol. The number of carbonyl (C=O) groups excluding carboxylic acids is 1. The van der Waals surface area contributed by atoms with Crippen LogP contribution in [0.15, 0.2) is 0 Å². The van der Waals surface area contributed by atoms with Gasteiger partial charge in [-0.25, -0.2) is 9.59 Å². The summed E-state index contributed by atoms with van der Waals surface area (Å²) in [5.41, 5.74) is 0. The lowest BCUT2D eigenvalue weighted by molar-refractivity contribution is -0.141. The minimum absolute atomic E-state index is 0.0223. The third kappa shape index (κ3) is 4.97. The van der Waals surface area contributed by atoms with Gasteiger partial charge in [0.25, 0.3) is 0 Å². The van der Waals surface area contributed by atoms with Crippen molar-refractivity contribution in [3.05, 3.63) is 0 Å². The molecule has 6 nitrogen and oxygen atoms in total. The van der Waals surface area contributed by atoms with E-state index in [9.17, 15) is 9.59 Å². The molecule has 2 amide bonds. The fourth-order valence-electron chi connectivity index (χ4n) is 1.25. The summed E-state index contributed by atoms with van der Waals surface area (Å²) in [6.07, 6.45) is 0. The number of nitrogens with zero attached hydrogens (tertiary/aromatic N) is 2. The maximum absolute atomic E-state index is 11.6. The molecule has 0 fully saturated rings. The zero-order chi connectivity index (χ0) is 12.9. The van der Waals surface area contributed by atoms with Crippen LogP contribution in [0.2, 0.25) is 0 Å². The van der Waals surface area contributed by atoms with E-state index in [0.29, 0.717) is 6.54 Å². The lowest BCUT2D eigenvalue weighted by atomic mass is 10.3. The Hall–Kier alpha value is -1.30. The van der Waals surface area contributed by atoms with Gasteiger partial charge in [0.05, 0.1) is 0 Å². The van der Waals surface area contributed by atoms with E-state index in [4.69, 9.17) is 5.11 Å². The Morgan fingerprint density at radius 3 is 2.12 bits per heavy atom. The molecule has 0 saturated carbocycles. The van der Waals surface area contributed by atoms with Gasteiger partial charge in [-0.3, -0.25) is 0 Å². The van der Waals surface area contributed by atoms with Gasteiger partial charge in [-0.05, 0) is 27.9 Å². The number of carbonyl (C=O) groups is 2. The SMILES string of the molecule is CC(CN(C)C)NC(=O)N(C)C(C)C(=O)O. The number of amides is 2. The van der Waals surface area contributed by atoms with Gasteiger partial charge in [0.15, 0.2) is 0 Å². The summed E-state index contributed by atoms with van der Waals surface area (Å²) in [7, 11) is 5.29. The van der Waals surface area contributed by atoms with Crippen molar-refractivity contribution >= 4 is 12.0 Å². The van der Waals surface area contributed by atoms with Crippen molar-refractivity contribution in [2.75, 3.05) is 27.7 Å². The first kappa shape index (κ1) is 14.7. The van der Waals surface area contributed by atoms with Gasteiger partial charge in [0.2, 0.25) is 0 Å². The van der Waals surface area contributed by atoms with Crippen LogP contribution in [0, 0.1) is 0 Å². The maximum Gasteiger partial charge on any atom is 0.326 e. The third-order valence-corrected chi connectivity index (χ3v) is 2.27. The van der Waals surface area contributed by atoms with E-state index in [2.05, 4.69) is 5.32 Å². The Morgan fingerprint density at radius 2 is 1.75 bits per heavy atom. The molecule has 0 saturated heterocycles. The average Bonchev–Trinajstić information content (AvgIpc) is 2.13. The topological polar surface area (TPSA) is 72.9 Å². The van der Waals surface area contributed by atoms with Crippen molar-refractivity contribution < 1.29 is 14.7 Å². The van der Waals surface area contributed by atoms with E-state index >= 15 is 0 Å². The molecule has 2 N–H and O–H groups in total. The summed E-state index contributed by atoms with van der Waals surface area (Å²) in [6.45, 7) is 4.05. The summed E-state index contributed by atoms with van der Waals surface area (Å²) in [4.78, 5) is 25.4. The standard InChI is InChI=1S/C10H21N3O3/c1-7(6-12(3)4)11-10(16)13(5)8(2)9(14)15/h7-8H,6H2,1-5H3,(H,11,16)(H,14,15). The van der Waals surface area contributed by atoms with Gasteiger partial charge in [-0.2, -0.15) is 0 Å². The van der Waals surface area contributed by atoms with Crippen LogP contribution in [-0.2, 0) is 4.79 Å². The van der Waals surface area contributed by atoms with Crippen molar-refractivity contribution in [3.63, 3.8) is 0 Å². The van der Waals surface area contributed by atoms with E-state index in [1.165, 1.54) is 18.9 Å². The molecule has 6 heteroatoms. The molecule has 94 valence electrons. The average molecular weight is 231 g/mol. The second-order valence-corrected chi connectivity index (χ2v) is 4.24. The first-order valence-electron chi connectivity index (χ1n) is 5.16. The molecule has 2 atom stereocenters. The lowest BCUT2D eigenvalue weighted by Gasteiger charge is -2.25. The molecule has 0 radical (unpaired) electrons. The van der Waals surface area contributed by atoms with E-state index in [0.717, 1.165) is 0 Å². The Labute approximate surface area is 96.2 Å². The number of likely N-dealkylation sites (N-methyl/N-ethyl adjacent to an activating group) is 2. The first-order chi connectivity index (χ1) is 7.25. The Kier molecular flexibility index (Phi) is 5.81. The lowest BCUT2D eigenvalue weighted by Crippen LogP contribution is -2.50. The highest BCUT2D eigenvalue weighted by Crippen LogP contribution is 1.97. The molecule has 0 spiro atoms. The van der Waals surface area contributed by atoms with E-state index in [1.807, 2.05) is 25.9 Å². The van der Waals surface area contributed by atoms with E-state index in [-0.39, 0.29) is 12.1 Å². The quantitative estimate of drug-likeness (QED) is 0.701. The molecule has 16 heavy (non-hydrogen) atoms. The maximum atomic E-state index is 11.6. The highest BCUT2D eigenvalue weighted by molar-refractivity contribution is 5.82. The molecule has 0 aromatic carbocycles. The van der Waals surface area contributed by atoms with Gasteiger partial charge >= 0.3 is 12.0 Å². The second-order valence-electron chi connectivity index (χ2n) is 4.24. The zero-order valence-corrected chi connectivity index (χ0v) is 10.5. The summed E-state index contributed by atoms with van der Waals surface area (Å²) >= 11 is 0. The number of rotatable bonds is 5. The van der Waals surface area contributed by atoms with Gasteiger partial charge < -0.3 is 20.2 Å². The summed E-state index contributed by atoms with van der Waals surface area (Å²) in [5.74, 6) is -1.02. The van der Waals surface area contributed by atoms with Gasteiger partial charge in [0, 0.05) is 19.6 Å². The van der Waals surface area contributed by atoms with Crippen LogP contribution in [-0.4, -0.2) is 66.7 Å². The van der Waals surface area contributed by atoms with E-state index in [1.54, 1.807) is 0 Å². The number of urea groups is 1. The van der Waals surface area contributed by atoms with Crippen molar-refractivity contribution in [3.8, 4) is 0 Å². The third-order valence-electron chi connectivity index (χ3n) is 2.27. The number of aliphatic carboxylic acids is 1. The highest BCUT2D eigenvalue weighted by atomic mass is 16.4. The normalized spacial score (nSPS) is 14.4. The van der Waals surface area contributed by atoms with Crippen LogP contribution in [0.3, 0.4) is 0 Å². The molecule has 0 heterocycles. The summed E-state index contributed by atoms with van der Waals surface area (Å²) in [5, 5.41) is 11.5. The molecule has 0 aliphatic heterocycles. The number of carboxylic acid groups (broad SMARTS) is 1. The van der Waals surface area contributed by atoms with Crippen LogP contribution >= 0.6 is 0 Å². The minimum Gasteiger partial charge on any atom is -0.480 e. The molecule has 0 aromatic rings. The molecule has 0 bridgehead atoms. The molecule has 0 aliphatic carbocycles. The molecule has 2 unspecified atom stereocenters. The highest BCUT2D eigenvalue weighted by Gasteiger charge is 2.22. The minimum atomic E-state index is -1.02. The summed E-state index contributed by atoms with van der Waals surface area (Å²) < 4.78 is 0. The fraction of sp³-hybridized carbons (Fsp3) is 0.800. The van der Waals surface area contributed by atoms with Gasteiger partial charge in [-0.15, -0.1) is 0 Å². The predicted molar refractivity (Wildman–Crippen MR) is 61.4 cm³/mol. The van der Waals surface area contributed by atoms with Gasteiger partial charge in [-0.1, -0.05) is 0 Å². The van der Waals surface area contributed by atoms with Crippen LogP contribution < -0.4 is 5.32 Å². The Balaban J connectivity index is 4.20. The summed E-state index contributed by atoms with van der Waals surface area (Å²) in [6, 6.07) is -1.22. The van der Waals surface area contributed by atoms with E-state index < -0.39 is 12.0 Å². The number of hydrogen-bond donors (Lipinski definition) is 2. The molecule has 0 aliphatic rings. The van der Waals surface area contributed by atoms with Crippen LogP contribution in [0.4, 0.5) is 4.79 Å². The Bertz CT molecular complexity index is 256. The predicted octanol–water partition coefficient (Wildman–Crippen LogP) is 0.0510. The first-order valence-corrected chi connectivity index (χ1v) is 5.16. The number of carboxylic acids is 1. The smallest absolute Gasteiger partial charge is 0.326 e. The largest absolute Gasteiger partial charge is 0.480 e. The van der Waals surface area contributed by atoms with Crippen molar-refractivity contribution in [2.24, 2.45) is 0 Å². The van der Waals surface area contributed by atoms with Crippen LogP contribution in [0.25, 0.3) is 0 Å². The van der Waals surface area contributed by atoms with Crippen molar-refractivity contribution in [1.29, 1.82) is 0 Å².